The van der Waals surface area contributed by atoms with Crippen LogP contribution in [-0.4, -0.2) is 67.1 Å². The van der Waals surface area contributed by atoms with Gasteiger partial charge in [0.25, 0.3) is 0 Å². The molecule has 3 heterocycles. The average Bonchev–Trinajstić information content (AvgIpc) is 3.03. The van der Waals surface area contributed by atoms with E-state index in [-0.39, 0.29) is 6.04 Å². The molecule has 0 aromatic carbocycles. The molecule has 8 heteroatoms. The Morgan fingerprint density at radius 1 is 1.40 bits per heavy atom. The third-order valence-electron chi connectivity index (χ3n) is 5.20. The zero-order valence-corrected chi connectivity index (χ0v) is 14.9. The average molecular weight is 347 g/mol. The molecule has 1 saturated heterocycles. The summed E-state index contributed by atoms with van der Waals surface area (Å²) >= 11 is 0. The maximum absolute atomic E-state index is 14.0. The smallest absolute Gasteiger partial charge is 0.153 e. The molecule has 2 aliphatic rings. The molecule has 0 bridgehead atoms. The number of nitrogens with zero attached hydrogens (tertiary/aromatic N) is 6. The van der Waals surface area contributed by atoms with Crippen molar-refractivity contribution in [2.24, 2.45) is 7.05 Å². The van der Waals surface area contributed by atoms with E-state index in [9.17, 15) is 4.39 Å². The van der Waals surface area contributed by atoms with Gasteiger partial charge in [0, 0.05) is 44.8 Å². The summed E-state index contributed by atoms with van der Waals surface area (Å²) in [5.41, 5.74) is 1.12. The molecule has 0 spiro atoms. The maximum Gasteiger partial charge on any atom is 0.153 e. The van der Waals surface area contributed by atoms with Crippen LogP contribution in [0.15, 0.2) is 12.3 Å². The largest absolute Gasteiger partial charge is 0.297 e. The Morgan fingerprint density at radius 3 is 2.96 bits per heavy atom. The van der Waals surface area contributed by atoms with Crippen molar-refractivity contribution < 1.29 is 4.39 Å². The van der Waals surface area contributed by atoms with Crippen molar-refractivity contribution in [3.8, 4) is 0 Å². The molecule has 0 amide bonds. The summed E-state index contributed by atoms with van der Waals surface area (Å²) in [5, 5.41) is 11.6. The van der Waals surface area contributed by atoms with Gasteiger partial charge in [-0.3, -0.25) is 19.6 Å². The van der Waals surface area contributed by atoms with E-state index in [1.54, 1.807) is 6.20 Å². The zero-order chi connectivity index (χ0) is 17.4. The van der Waals surface area contributed by atoms with Gasteiger partial charge in [-0.05, 0) is 32.4 Å². The number of rotatable bonds is 7. The van der Waals surface area contributed by atoms with Crippen LogP contribution in [0, 0.1) is 0 Å². The fourth-order valence-corrected chi connectivity index (χ4v) is 3.66. The van der Waals surface area contributed by atoms with Gasteiger partial charge in [-0.15, -0.1) is 0 Å². The van der Waals surface area contributed by atoms with Crippen LogP contribution in [0.25, 0.3) is 0 Å². The normalized spacial score (nSPS) is 24.5. The lowest BCUT2D eigenvalue weighted by molar-refractivity contribution is 0.176. The third kappa shape index (κ3) is 3.90. The Morgan fingerprint density at radius 2 is 2.24 bits per heavy atom. The molecule has 2 fully saturated rings. The van der Waals surface area contributed by atoms with Crippen molar-refractivity contribution in [2.45, 2.75) is 50.5 Å². The minimum atomic E-state index is -0.752. The fraction of sp³-hybridized carbons (Fsp3) is 0.706. The Hall–Kier alpha value is -1.80. The highest BCUT2D eigenvalue weighted by Crippen LogP contribution is 2.37. The lowest BCUT2D eigenvalue weighted by Gasteiger charge is -2.27. The van der Waals surface area contributed by atoms with Gasteiger partial charge in [0.2, 0.25) is 0 Å². The van der Waals surface area contributed by atoms with E-state index in [0.29, 0.717) is 25.4 Å². The number of aromatic nitrogens is 5. The number of likely N-dealkylation sites (N-methyl/N-ethyl adjacent to an activating group) is 1. The SMILES string of the molecule is CN(Cc1nc(C2CC2)n[nH]1)C[C@@H]1C[C@H](F)CN1Cc1ccnn1C. The van der Waals surface area contributed by atoms with E-state index < -0.39 is 6.17 Å². The molecule has 25 heavy (non-hydrogen) atoms. The molecule has 0 radical (unpaired) electrons. The lowest BCUT2D eigenvalue weighted by atomic mass is 10.2. The molecular weight excluding hydrogens is 321 g/mol. The van der Waals surface area contributed by atoms with E-state index in [2.05, 4.69) is 37.1 Å². The van der Waals surface area contributed by atoms with Crippen molar-refractivity contribution >= 4 is 0 Å². The topological polar surface area (TPSA) is 65.9 Å². The van der Waals surface area contributed by atoms with Crippen LogP contribution in [0.1, 0.15) is 42.5 Å². The molecule has 1 N–H and O–H groups in total. The molecular formula is C17H26FN7. The van der Waals surface area contributed by atoms with Crippen molar-refractivity contribution in [1.29, 1.82) is 0 Å². The number of likely N-dealkylation sites (tertiary alicyclic amines) is 1. The second kappa shape index (κ2) is 6.84. The van der Waals surface area contributed by atoms with Crippen molar-refractivity contribution in [3.63, 3.8) is 0 Å². The van der Waals surface area contributed by atoms with Crippen LogP contribution in [0.5, 0.6) is 0 Å². The van der Waals surface area contributed by atoms with Gasteiger partial charge >= 0.3 is 0 Å². The quantitative estimate of drug-likeness (QED) is 0.821. The zero-order valence-electron chi connectivity index (χ0n) is 14.9. The standard InChI is InChI=1S/C17H26FN7/c1-23(11-16-20-17(22-21-16)12-3-4-12)9-15-7-13(18)8-25(15)10-14-5-6-19-24(14)2/h5-6,12-13,15H,3-4,7-11H2,1-2H3,(H,20,21,22)/t13-,15-/m0/s1. The monoisotopic (exact) mass is 347 g/mol. The number of halogens is 1. The molecule has 0 unspecified atom stereocenters. The van der Waals surface area contributed by atoms with Crippen LogP contribution in [0.4, 0.5) is 4.39 Å². The summed E-state index contributed by atoms with van der Waals surface area (Å²) in [7, 11) is 3.99. The third-order valence-corrected chi connectivity index (χ3v) is 5.20. The second-order valence-electron chi connectivity index (χ2n) is 7.47. The minimum absolute atomic E-state index is 0.209. The van der Waals surface area contributed by atoms with Crippen LogP contribution in [0.2, 0.25) is 0 Å². The van der Waals surface area contributed by atoms with Gasteiger partial charge in [0.05, 0.1) is 12.2 Å². The van der Waals surface area contributed by atoms with Gasteiger partial charge in [0.15, 0.2) is 5.82 Å². The summed E-state index contributed by atoms with van der Waals surface area (Å²) < 4.78 is 15.9. The molecule has 1 aliphatic heterocycles. The molecule has 7 nitrogen and oxygen atoms in total. The summed E-state index contributed by atoms with van der Waals surface area (Å²) in [4.78, 5) is 9.02. The number of aryl methyl sites for hydroxylation is 1. The number of hydrogen-bond donors (Lipinski definition) is 1. The number of aromatic amines is 1. The summed E-state index contributed by atoms with van der Waals surface area (Å²) in [6.07, 6.45) is 4.04. The number of H-pyrrole nitrogens is 1. The highest BCUT2D eigenvalue weighted by atomic mass is 19.1. The highest BCUT2D eigenvalue weighted by Gasteiger charge is 2.33. The molecule has 2 aromatic heterocycles. The highest BCUT2D eigenvalue weighted by molar-refractivity contribution is 5.05. The number of alkyl halides is 1. The molecule has 1 saturated carbocycles. The predicted octanol–water partition coefficient (Wildman–Crippen LogP) is 1.46. The van der Waals surface area contributed by atoms with Gasteiger partial charge in [-0.2, -0.15) is 10.2 Å². The summed E-state index contributed by atoms with van der Waals surface area (Å²) in [6.45, 7) is 2.77. The first-order valence-corrected chi connectivity index (χ1v) is 9.03. The summed E-state index contributed by atoms with van der Waals surface area (Å²) in [5.74, 6) is 2.41. The van der Waals surface area contributed by atoms with Crippen LogP contribution in [-0.2, 0) is 20.1 Å². The van der Waals surface area contributed by atoms with Crippen LogP contribution in [0.3, 0.4) is 0 Å². The van der Waals surface area contributed by atoms with Gasteiger partial charge in [0.1, 0.15) is 12.0 Å². The molecule has 2 aromatic rings. The van der Waals surface area contributed by atoms with Crippen molar-refractivity contribution in [2.75, 3.05) is 20.1 Å². The Kier molecular flexibility index (Phi) is 4.56. The minimum Gasteiger partial charge on any atom is -0.297 e. The molecule has 2 atom stereocenters. The van der Waals surface area contributed by atoms with Gasteiger partial charge in [-0.25, -0.2) is 9.37 Å². The predicted molar refractivity (Wildman–Crippen MR) is 91.6 cm³/mol. The van der Waals surface area contributed by atoms with Gasteiger partial charge in [-0.1, -0.05) is 0 Å². The summed E-state index contributed by atoms with van der Waals surface area (Å²) in [6, 6.07) is 2.21. The van der Waals surface area contributed by atoms with Crippen molar-refractivity contribution in [1.82, 2.24) is 34.8 Å². The first kappa shape index (κ1) is 16.7. The lowest BCUT2D eigenvalue weighted by Crippen LogP contribution is -2.38. The van der Waals surface area contributed by atoms with Crippen molar-refractivity contribution in [3.05, 3.63) is 29.6 Å². The first-order valence-electron chi connectivity index (χ1n) is 9.03. The first-order chi connectivity index (χ1) is 12.1. The Balaban J connectivity index is 1.34. The van der Waals surface area contributed by atoms with E-state index in [4.69, 9.17) is 0 Å². The van der Waals surface area contributed by atoms with E-state index in [0.717, 1.165) is 30.4 Å². The molecule has 136 valence electrons. The Labute approximate surface area is 147 Å². The molecule has 4 rings (SSSR count). The second-order valence-corrected chi connectivity index (χ2v) is 7.47. The van der Waals surface area contributed by atoms with E-state index >= 15 is 0 Å². The molecule has 1 aliphatic carbocycles. The maximum atomic E-state index is 14.0. The van der Waals surface area contributed by atoms with Crippen LogP contribution < -0.4 is 0 Å². The van der Waals surface area contributed by atoms with E-state index in [1.165, 1.54) is 12.8 Å². The Bertz CT molecular complexity index is 707. The number of hydrogen-bond acceptors (Lipinski definition) is 5. The van der Waals surface area contributed by atoms with Crippen LogP contribution >= 0.6 is 0 Å². The fourth-order valence-electron chi connectivity index (χ4n) is 3.66. The number of nitrogens with one attached hydrogen (secondary N) is 1. The van der Waals surface area contributed by atoms with Gasteiger partial charge < -0.3 is 0 Å². The van der Waals surface area contributed by atoms with E-state index in [1.807, 2.05) is 17.8 Å².